The molecule has 3 aromatic rings. The van der Waals surface area contributed by atoms with Crippen LogP contribution in [0.4, 0.5) is 4.39 Å². The van der Waals surface area contributed by atoms with Crippen molar-refractivity contribution in [2.45, 2.75) is 19.0 Å². The number of hydrogen-bond donors (Lipinski definition) is 1. The van der Waals surface area contributed by atoms with Crippen molar-refractivity contribution in [3.8, 4) is 5.69 Å². The Balaban J connectivity index is 1.61. The summed E-state index contributed by atoms with van der Waals surface area (Å²) in [7, 11) is 0. The van der Waals surface area contributed by atoms with Crippen LogP contribution in [0.5, 0.6) is 0 Å². The van der Waals surface area contributed by atoms with Crippen LogP contribution < -0.4 is 5.73 Å². The number of aromatic nitrogens is 2. The topological polar surface area (TPSA) is 81.2 Å². The maximum atomic E-state index is 13.3. The number of hydrogen-bond acceptors (Lipinski definition) is 3. The van der Waals surface area contributed by atoms with Gasteiger partial charge in [-0.05, 0) is 49.2 Å². The number of rotatable bonds is 3. The normalized spacial score (nSPS) is 15.2. The molecule has 1 aliphatic heterocycles. The average molecular weight is 366 g/mol. The van der Waals surface area contributed by atoms with Crippen molar-refractivity contribution < 1.29 is 14.0 Å². The van der Waals surface area contributed by atoms with Crippen LogP contribution in [0.2, 0.25) is 0 Å². The molecule has 0 saturated carbocycles. The first-order valence-corrected chi connectivity index (χ1v) is 8.83. The zero-order valence-electron chi connectivity index (χ0n) is 14.6. The van der Waals surface area contributed by atoms with Crippen LogP contribution in [0.1, 0.15) is 33.6 Å². The summed E-state index contributed by atoms with van der Waals surface area (Å²) in [6, 6.07) is 10.6. The van der Waals surface area contributed by atoms with Crippen molar-refractivity contribution in [1.29, 1.82) is 0 Å². The number of amides is 2. The average Bonchev–Trinajstić information content (AvgIpc) is 3.11. The summed E-state index contributed by atoms with van der Waals surface area (Å²) >= 11 is 0. The molecule has 0 radical (unpaired) electrons. The number of benzene rings is 1. The molecule has 2 amide bonds. The lowest BCUT2D eigenvalue weighted by Gasteiger charge is -2.28. The summed E-state index contributed by atoms with van der Waals surface area (Å²) in [5, 5.41) is 0.834. The molecule has 1 fully saturated rings. The molecule has 138 valence electrons. The van der Waals surface area contributed by atoms with E-state index in [1.54, 1.807) is 41.4 Å². The van der Waals surface area contributed by atoms with Crippen molar-refractivity contribution in [3.05, 3.63) is 59.9 Å². The second-order valence-corrected chi connectivity index (χ2v) is 6.70. The Hall–Kier alpha value is -3.22. The first-order chi connectivity index (χ1) is 13.0. The predicted molar refractivity (Wildman–Crippen MR) is 99.6 cm³/mol. The highest BCUT2D eigenvalue weighted by molar-refractivity contribution is 5.97. The number of carbonyl (C=O) groups excluding carboxylic acids is 2. The molecule has 2 N–H and O–H groups in total. The summed E-state index contributed by atoms with van der Waals surface area (Å²) in [5.41, 5.74) is 7.76. The van der Waals surface area contributed by atoms with Gasteiger partial charge in [0.25, 0.3) is 5.91 Å². The highest BCUT2D eigenvalue weighted by atomic mass is 19.1. The molecule has 0 bridgehead atoms. The Morgan fingerprint density at radius 2 is 1.78 bits per heavy atom. The first kappa shape index (κ1) is 17.2. The lowest BCUT2D eigenvalue weighted by Crippen LogP contribution is -2.39. The number of halogens is 1. The molecule has 0 atom stereocenters. The van der Waals surface area contributed by atoms with Gasteiger partial charge in [-0.2, -0.15) is 0 Å². The van der Waals surface area contributed by atoms with E-state index in [0.29, 0.717) is 42.7 Å². The third-order valence-corrected chi connectivity index (χ3v) is 4.92. The van der Waals surface area contributed by atoms with Gasteiger partial charge in [0.1, 0.15) is 11.8 Å². The van der Waals surface area contributed by atoms with Crippen LogP contribution in [-0.2, 0) is 0 Å². The van der Waals surface area contributed by atoms with Crippen LogP contribution in [-0.4, -0.2) is 45.5 Å². The largest absolute Gasteiger partial charge is 0.366 e. The Morgan fingerprint density at radius 3 is 2.44 bits per heavy atom. The fraction of sp³-hybridized carbons (Fsp3) is 0.250. The smallest absolute Gasteiger partial charge is 0.255 e. The number of pyridine rings is 1. The third-order valence-electron chi connectivity index (χ3n) is 4.92. The van der Waals surface area contributed by atoms with E-state index in [9.17, 15) is 14.0 Å². The van der Waals surface area contributed by atoms with Gasteiger partial charge in [0.2, 0.25) is 5.91 Å². The molecular weight excluding hydrogens is 347 g/mol. The third kappa shape index (κ3) is 3.28. The zero-order chi connectivity index (χ0) is 19.0. The number of piperidine rings is 1. The van der Waals surface area contributed by atoms with E-state index in [1.165, 1.54) is 0 Å². The zero-order valence-corrected chi connectivity index (χ0v) is 14.6. The highest BCUT2D eigenvalue weighted by Gasteiger charge is 2.23. The summed E-state index contributed by atoms with van der Waals surface area (Å²) in [4.78, 5) is 30.0. The number of primary amides is 1. The summed E-state index contributed by atoms with van der Waals surface area (Å²) in [6.07, 6.45) is 3.38. The summed E-state index contributed by atoms with van der Waals surface area (Å²) in [6.45, 7) is 0.872. The molecule has 3 heterocycles. The van der Waals surface area contributed by atoms with Crippen LogP contribution in [0.3, 0.4) is 0 Å². The van der Waals surface area contributed by atoms with E-state index in [-0.39, 0.29) is 5.91 Å². The van der Waals surface area contributed by atoms with Gasteiger partial charge in [-0.3, -0.25) is 9.59 Å². The van der Waals surface area contributed by atoms with Gasteiger partial charge in [0.15, 0.2) is 0 Å². The van der Waals surface area contributed by atoms with E-state index < -0.39 is 12.1 Å². The van der Waals surface area contributed by atoms with Crippen LogP contribution in [0, 0.1) is 0 Å². The number of nitrogens with zero attached hydrogens (tertiary/aromatic N) is 3. The summed E-state index contributed by atoms with van der Waals surface area (Å²) in [5.74, 6) is -0.591. The van der Waals surface area contributed by atoms with Crippen molar-refractivity contribution in [2.75, 3.05) is 13.1 Å². The number of nitrogens with two attached hydrogens (primary N) is 1. The minimum absolute atomic E-state index is 0.116. The van der Waals surface area contributed by atoms with Crippen molar-refractivity contribution in [3.63, 3.8) is 0 Å². The molecule has 1 saturated heterocycles. The van der Waals surface area contributed by atoms with Gasteiger partial charge < -0.3 is 15.2 Å². The fourth-order valence-electron chi connectivity index (χ4n) is 3.37. The minimum Gasteiger partial charge on any atom is -0.366 e. The van der Waals surface area contributed by atoms with Crippen molar-refractivity contribution in [2.24, 2.45) is 5.73 Å². The van der Waals surface area contributed by atoms with E-state index in [0.717, 1.165) is 11.1 Å². The first-order valence-electron chi connectivity index (χ1n) is 8.83. The van der Waals surface area contributed by atoms with E-state index >= 15 is 0 Å². The molecule has 1 aromatic carbocycles. The van der Waals surface area contributed by atoms with Crippen LogP contribution >= 0.6 is 0 Å². The van der Waals surface area contributed by atoms with Gasteiger partial charge in [-0.1, -0.05) is 0 Å². The second-order valence-electron chi connectivity index (χ2n) is 6.70. The SMILES string of the molecule is NC(=O)c1ccc(-n2ccc3cc(C(=O)N4CCC(F)CC4)cnc32)cc1. The number of carbonyl (C=O) groups is 2. The highest BCUT2D eigenvalue weighted by Crippen LogP contribution is 2.22. The van der Waals surface area contributed by atoms with Crippen LogP contribution in [0.15, 0.2) is 48.8 Å². The fourth-order valence-corrected chi connectivity index (χ4v) is 3.37. The summed E-state index contributed by atoms with van der Waals surface area (Å²) < 4.78 is 15.2. The maximum Gasteiger partial charge on any atom is 0.255 e. The van der Waals surface area contributed by atoms with Crippen molar-refractivity contribution in [1.82, 2.24) is 14.5 Å². The Kier molecular flexibility index (Phi) is 4.35. The molecule has 7 heteroatoms. The Morgan fingerprint density at radius 1 is 1.07 bits per heavy atom. The van der Waals surface area contributed by atoms with E-state index in [1.807, 2.05) is 16.8 Å². The second kappa shape index (κ2) is 6.83. The van der Waals surface area contributed by atoms with Gasteiger partial charge in [0.05, 0.1) is 5.56 Å². The molecule has 6 nitrogen and oxygen atoms in total. The molecule has 0 spiro atoms. The van der Waals surface area contributed by atoms with Crippen molar-refractivity contribution >= 4 is 22.8 Å². The number of fused-ring (bicyclic) bond motifs is 1. The van der Waals surface area contributed by atoms with Gasteiger partial charge in [0, 0.05) is 42.1 Å². The minimum atomic E-state index is -0.815. The molecule has 1 aliphatic rings. The van der Waals surface area contributed by atoms with Gasteiger partial charge in [-0.25, -0.2) is 9.37 Å². The molecule has 0 unspecified atom stereocenters. The van der Waals surface area contributed by atoms with E-state index in [4.69, 9.17) is 5.73 Å². The maximum absolute atomic E-state index is 13.3. The predicted octanol–water partition coefficient (Wildman–Crippen LogP) is 2.70. The molecule has 27 heavy (non-hydrogen) atoms. The molecule has 2 aromatic heterocycles. The molecule has 4 rings (SSSR count). The van der Waals surface area contributed by atoms with E-state index in [2.05, 4.69) is 4.98 Å². The molecular formula is C20H19FN4O2. The number of likely N-dealkylation sites (tertiary alicyclic amines) is 1. The number of alkyl halides is 1. The lowest BCUT2D eigenvalue weighted by molar-refractivity contribution is 0.0666. The quantitative estimate of drug-likeness (QED) is 0.774. The Bertz CT molecular complexity index is 1000. The lowest BCUT2D eigenvalue weighted by atomic mass is 10.1. The van der Waals surface area contributed by atoms with Crippen LogP contribution in [0.25, 0.3) is 16.7 Å². The standard InChI is InChI=1S/C20H19FN4O2/c21-16-6-8-24(9-7-16)20(27)15-11-14-5-10-25(19(14)23-12-15)17-3-1-13(2-4-17)18(22)26/h1-5,10-12,16H,6-9H2,(H2,22,26). The monoisotopic (exact) mass is 366 g/mol. The van der Waals surface area contributed by atoms with Gasteiger partial charge >= 0.3 is 0 Å². The Labute approximate surface area is 155 Å². The van der Waals surface area contributed by atoms with Gasteiger partial charge in [-0.15, -0.1) is 0 Å². The molecule has 0 aliphatic carbocycles.